The van der Waals surface area contributed by atoms with E-state index in [0.29, 0.717) is 11.1 Å². The third kappa shape index (κ3) is 5.95. The van der Waals surface area contributed by atoms with E-state index < -0.39 is 42.0 Å². The molecule has 9 nitrogen and oxygen atoms in total. The number of methoxy groups -OCH3 is 1. The highest BCUT2D eigenvalue weighted by molar-refractivity contribution is 7.25. The molecule has 0 saturated carbocycles. The van der Waals surface area contributed by atoms with Crippen molar-refractivity contribution in [2.45, 2.75) is 31.1 Å². The van der Waals surface area contributed by atoms with Crippen LogP contribution in [0, 0.1) is 5.41 Å². The third-order valence-corrected chi connectivity index (χ3v) is 9.42. The summed E-state index contributed by atoms with van der Waals surface area (Å²) < 4.78 is 22.7. The number of ether oxygens (including phenoxy) is 1. The van der Waals surface area contributed by atoms with Crippen LogP contribution in [0.3, 0.4) is 0 Å². The zero-order valence-electron chi connectivity index (χ0n) is 22.5. The molecule has 3 atom stereocenters. The van der Waals surface area contributed by atoms with E-state index in [-0.39, 0.29) is 25.4 Å². The van der Waals surface area contributed by atoms with Crippen molar-refractivity contribution in [1.82, 2.24) is 15.5 Å². The lowest BCUT2D eigenvalue weighted by Crippen LogP contribution is -2.49. The van der Waals surface area contributed by atoms with E-state index in [1.54, 1.807) is 41.8 Å². The molecule has 5 N–H and O–H groups in total. The van der Waals surface area contributed by atoms with Gasteiger partial charge in [0.25, 0.3) is 5.91 Å². The van der Waals surface area contributed by atoms with Crippen molar-refractivity contribution >= 4 is 66.4 Å². The molecule has 1 aliphatic heterocycles. The Balaban J connectivity index is 1.27. The highest BCUT2D eigenvalue weighted by atomic mass is 32.1. The van der Waals surface area contributed by atoms with Crippen molar-refractivity contribution in [3.63, 3.8) is 0 Å². The molecule has 214 valence electrons. The molecule has 12 heteroatoms. The minimum absolute atomic E-state index is 0.0776. The van der Waals surface area contributed by atoms with Crippen LogP contribution >= 0.6 is 22.7 Å². The van der Waals surface area contributed by atoms with Crippen molar-refractivity contribution in [1.29, 1.82) is 5.41 Å². The van der Waals surface area contributed by atoms with Crippen LogP contribution in [0.1, 0.15) is 40.2 Å². The van der Waals surface area contributed by atoms with Crippen molar-refractivity contribution in [3.05, 3.63) is 69.9 Å². The van der Waals surface area contributed by atoms with Crippen LogP contribution in [0.2, 0.25) is 0 Å². The van der Waals surface area contributed by atoms with Gasteiger partial charge >= 0.3 is 0 Å². The molecule has 0 radical (unpaired) electrons. The molecule has 1 saturated heterocycles. The summed E-state index contributed by atoms with van der Waals surface area (Å²) >= 11 is 2.92. The van der Waals surface area contributed by atoms with Gasteiger partial charge in [-0.1, -0.05) is 24.3 Å². The van der Waals surface area contributed by atoms with Gasteiger partial charge in [-0.15, -0.1) is 22.7 Å². The molecule has 0 unspecified atom stereocenters. The highest BCUT2D eigenvalue weighted by Crippen LogP contribution is 2.34. The first-order chi connectivity index (χ1) is 19.6. The maximum atomic E-state index is 15.6. The normalized spacial score (nSPS) is 19.4. The van der Waals surface area contributed by atoms with Crippen LogP contribution in [0.5, 0.6) is 0 Å². The number of carbonyl (C=O) groups excluding carboxylic acids is 3. The Bertz CT molecular complexity index is 1650. The molecule has 0 aliphatic carbocycles. The average Bonchev–Trinajstić information content (AvgIpc) is 3.67. The fraction of sp³-hybridized carbons (Fsp3) is 0.310. The Morgan fingerprint density at radius 1 is 1.17 bits per heavy atom. The van der Waals surface area contributed by atoms with Gasteiger partial charge in [-0.05, 0) is 31.2 Å². The summed E-state index contributed by atoms with van der Waals surface area (Å²) in [6.45, 7) is 0.770. The average molecular weight is 596 g/mol. The first-order valence-electron chi connectivity index (χ1n) is 13.0. The molecule has 4 aromatic rings. The van der Waals surface area contributed by atoms with Gasteiger partial charge in [0, 0.05) is 55.1 Å². The van der Waals surface area contributed by atoms with Gasteiger partial charge in [-0.3, -0.25) is 19.8 Å². The van der Waals surface area contributed by atoms with Crippen LogP contribution < -0.4 is 16.4 Å². The SMILES string of the molecule is COC[C@@]1(F)C[C@@H](C(=O)N[C@H](C)c2cc(C(=N)N)cs2)N(C(=O)CNC(=O)c2ccc3c(c2)sc2ccccc23)C1. The quantitative estimate of drug-likeness (QED) is 0.171. The minimum atomic E-state index is -1.91. The smallest absolute Gasteiger partial charge is 0.251 e. The molecular weight excluding hydrogens is 565 g/mol. The fourth-order valence-corrected chi connectivity index (χ4v) is 7.19. The summed E-state index contributed by atoms with van der Waals surface area (Å²) in [4.78, 5) is 41.4. The van der Waals surface area contributed by atoms with Gasteiger partial charge in [-0.25, -0.2) is 4.39 Å². The lowest BCUT2D eigenvalue weighted by Gasteiger charge is -2.25. The Labute approximate surface area is 244 Å². The molecule has 2 aromatic heterocycles. The van der Waals surface area contributed by atoms with Crippen LogP contribution in [0.15, 0.2) is 53.9 Å². The maximum absolute atomic E-state index is 15.6. The number of nitrogens with zero attached hydrogens (tertiary/aromatic N) is 1. The largest absolute Gasteiger partial charge is 0.384 e. The number of fused-ring (bicyclic) bond motifs is 3. The summed E-state index contributed by atoms with van der Waals surface area (Å²) in [5.74, 6) is -1.60. The van der Waals surface area contributed by atoms with E-state index in [9.17, 15) is 14.4 Å². The van der Waals surface area contributed by atoms with Crippen LogP contribution in [-0.2, 0) is 14.3 Å². The third-order valence-electron chi connectivity index (χ3n) is 7.17. The number of amides is 3. The summed E-state index contributed by atoms with van der Waals surface area (Å²) in [6.07, 6.45) is -0.231. The molecule has 41 heavy (non-hydrogen) atoms. The molecule has 0 bridgehead atoms. The second kappa shape index (κ2) is 11.6. The summed E-state index contributed by atoms with van der Waals surface area (Å²) in [5.41, 5.74) is 4.59. The molecule has 1 fully saturated rings. The van der Waals surface area contributed by atoms with Gasteiger partial charge in [-0.2, -0.15) is 0 Å². The van der Waals surface area contributed by atoms with Crippen molar-refractivity contribution in [2.75, 3.05) is 26.8 Å². The molecule has 2 aromatic carbocycles. The van der Waals surface area contributed by atoms with E-state index in [1.807, 2.05) is 30.3 Å². The predicted octanol–water partition coefficient (Wildman–Crippen LogP) is 3.96. The number of nitrogen functional groups attached to an aromatic ring is 1. The first-order valence-corrected chi connectivity index (χ1v) is 14.7. The number of amidine groups is 1. The Kier molecular flexibility index (Phi) is 8.07. The standard InChI is InChI=1S/C29H30FN5O4S2/c1-16(23-10-18(13-40-23)26(31)32)34-28(38)21-11-29(30,15-39-2)14-35(21)25(36)12-33-27(37)17-7-8-20-19-5-3-4-6-22(19)41-24(20)9-17/h3-10,13,16,21H,11-12,14-15H2,1-2H3,(H3,31,32)(H,33,37)(H,34,38)/t16-,21+,29-/m1/s1. The van der Waals surface area contributed by atoms with E-state index in [1.165, 1.54) is 23.3 Å². The second-order valence-corrected chi connectivity index (χ2v) is 12.2. The van der Waals surface area contributed by atoms with E-state index in [4.69, 9.17) is 15.9 Å². The summed E-state index contributed by atoms with van der Waals surface area (Å²) in [7, 11) is 1.36. The topological polar surface area (TPSA) is 138 Å². The van der Waals surface area contributed by atoms with E-state index in [2.05, 4.69) is 10.6 Å². The Morgan fingerprint density at radius 3 is 2.66 bits per heavy atom. The number of hydrogen-bond donors (Lipinski definition) is 4. The number of nitrogens with one attached hydrogen (secondary N) is 3. The van der Waals surface area contributed by atoms with Crippen LogP contribution in [0.4, 0.5) is 4.39 Å². The van der Waals surface area contributed by atoms with Gasteiger partial charge in [0.15, 0.2) is 5.67 Å². The highest BCUT2D eigenvalue weighted by Gasteiger charge is 2.49. The van der Waals surface area contributed by atoms with Gasteiger partial charge in [0.2, 0.25) is 11.8 Å². The number of rotatable bonds is 9. The lowest BCUT2D eigenvalue weighted by atomic mass is 10.0. The lowest BCUT2D eigenvalue weighted by molar-refractivity contribution is -0.138. The Hall–Kier alpha value is -3.87. The number of nitrogens with two attached hydrogens (primary N) is 1. The number of carbonyl (C=O) groups is 3. The first kappa shape index (κ1) is 28.7. The number of thiophene rings is 2. The monoisotopic (exact) mass is 595 g/mol. The second-order valence-electron chi connectivity index (χ2n) is 10.2. The summed E-state index contributed by atoms with van der Waals surface area (Å²) in [5, 5.41) is 16.9. The molecule has 0 spiro atoms. The molecule has 5 rings (SSSR count). The maximum Gasteiger partial charge on any atom is 0.251 e. The van der Waals surface area contributed by atoms with Crippen molar-refractivity contribution < 1.29 is 23.5 Å². The zero-order chi connectivity index (χ0) is 29.3. The number of halogens is 1. The van der Waals surface area contributed by atoms with Gasteiger partial charge < -0.3 is 26.0 Å². The Morgan fingerprint density at radius 2 is 1.93 bits per heavy atom. The molecule has 3 amide bonds. The predicted molar refractivity (Wildman–Crippen MR) is 159 cm³/mol. The number of alkyl halides is 1. The summed E-state index contributed by atoms with van der Waals surface area (Å²) in [6, 6.07) is 13.6. The zero-order valence-corrected chi connectivity index (χ0v) is 24.2. The van der Waals surface area contributed by atoms with Crippen molar-refractivity contribution in [2.24, 2.45) is 5.73 Å². The molecule has 3 heterocycles. The van der Waals surface area contributed by atoms with E-state index >= 15 is 4.39 Å². The van der Waals surface area contributed by atoms with Crippen LogP contribution in [0.25, 0.3) is 20.2 Å². The minimum Gasteiger partial charge on any atom is -0.384 e. The van der Waals surface area contributed by atoms with Gasteiger partial charge in [0.1, 0.15) is 11.9 Å². The number of benzene rings is 2. The van der Waals surface area contributed by atoms with Crippen LogP contribution in [-0.4, -0.2) is 67.0 Å². The van der Waals surface area contributed by atoms with E-state index in [0.717, 1.165) is 25.0 Å². The molecular formula is C29H30FN5O4S2. The van der Waals surface area contributed by atoms with Crippen molar-refractivity contribution in [3.8, 4) is 0 Å². The number of hydrogen-bond acceptors (Lipinski definition) is 7. The fourth-order valence-electron chi connectivity index (χ4n) is 5.12. The number of likely N-dealkylation sites (tertiary alicyclic amines) is 1. The van der Waals surface area contributed by atoms with Gasteiger partial charge in [0.05, 0.1) is 25.7 Å². The molecule has 1 aliphatic rings.